The average Bonchev–Trinajstić information content (AvgIpc) is 3.40. The van der Waals surface area contributed by atoms with E-state index in [2.05, 4.69) is 47.6 Å². The lowest BCUT2D eigenvalue weighted by Gasteiger charge is -2.58. The standard InChI is InChI=1S/C45H80O2/c1-7-8-9-10-11-12-13-14-15-16-17-18-19-20-21-25-43(46)47-38-30-32-44(5)37(34-38)26-27-39-41-29-28-40(36(4)24-22-23-35(2)3)45(41,6)33-31-42(39)44/h26,35-36,38-42H,7-25,27-34H2,1-6H3/t36-,38-,39-,40-,41+,42-,44-,45+/m0/s1. The van der Waals surface area contributed by atoms with Gasteiger partial charge in [-0.15, -0.1) is 0 Å². The Morgan fingerprint density at radius 2 is 1.36 bits per heavy atom. The van der Waals surface area contributed by atoms with Crippen LogP contribution in [0.1, 0.15) is 215 Å². The van der Waals surface area contributed by atoms with Gasteiger partial charge < -0.3 is 4.74 Å². The summed E-state index contributed by atoms with van der Waals surface area (Å²) >= 11 is 0. The zero-order chi connectivity index (χ0) is 33.7. The van der Waals surface area contributed by atoms with E-state index in [1.54, 1.807) is 5.57 Å². The van der Waals surface area contributed by atoms with E-state index in [9.17, 15) is 4.79 Å². The molecule has 4 aliphatic carbocycles. The summed E-state index contributed by atoms with van der Waals surface area (Å²) in [6.07, 6.45) is 38.4. The van der Waals surface area contributed by atoms with Crippen molar-refractivity contribution in [3.63, 3.8) is 0 Å². The second kappa shape index (κ2) is 19.6. The summed E-state index contributed by atoms with van der Waals surface area (Å²) < 4.78 is 6.13. The van der Waals surface area contributed by atoms with E-state index in [1.165, 1.54) is 148 Å². The van der Waals surface area contributed by atoms with Crippen molar-refractivity contribution in [2.45, 2.75) is 221 Å². The molecule has 0 aromatic rings. The van der Waals surface area contributed by atoms with Gasteiger partial charge in [0.2, 0.25) is 0 Å². The monoisotopic (exact) mass is 653 g/mol. The number of esters is 1. The minimum absolute atomic E-state index is 0.0653. The third-order valence-electron chi connectivity index (χ3n) is 14.5. The third-order valence-corrected chi connectivity index (χ3v) is 14.5. The lowest BCUT2D eigenvalue weighted by molar-refractivity contribution is -0.151. The SMILES string of the molecule is CCCCCCCCCCCCCCCCCC(=O)O[C@H]1CC[C@@]2(C)C(=CC[C@H]3[C@H]4CC[C@@H]([C@@H](C)CCCC(C)C)[C@@]4(C)CC[C@@H]32)C1. The van der Waals surface area contributed by atoms with Crippen LogP contribution in [0.2, 0.25) is 0 Å². The molecule has 2 heteroatoms. The Morgan fingerprint density at radius 3 is 1.98 bits per heavy atom. The molecule has 3 saturated carbocycles. The van der Waals surface area contributed by atoms with Gasteiger partial charge in [-0.25, -0.2) is 0 Å². The molecule has 3 fully saturated rings. The van der Waals surface area contributed by atoms with Gasteiger partial charge in [0.1, 0.15) is 6.10 Å². The van der Waals surface area contributed by atoms with E-state index >= 15 is 0 Å². The van der Waals surface area contributed by atoms with Crippen molar-refractivity contribution in [1.82, 2.24) is 0 Å². The zero-order valence-electron chi connectivity index (χ0n) is 32.5. The molecular weight excluding hydrogens is 572 g/mol. The number of hydrogen-bond donors (Lipinski definition) is 0. The zero-order valence-corrected chi connectivity index (χ0v) is 32.5. The van der Waals surface area contributed by atoms with Crippen molar-refractivity contribution in [3.8, 4) is 0 Å². The van der Waals surface area contributed by atoms with Gasteiger partial charge in [-0.1, -0.05) is 162 Å². The molecule has 0 heterocycles. The molecule has 0 aromatic carbocycles. The Bertz CT molecular complexity index is 934. The van der Waals surface area contributed by atoms with E-state index in [0.29, 0.717) is 17.3 Å². The minimum Gasteiger partial charge on any atom is -0.462 e. The maximum atomic E-state index is 12.8. The second-order valence-electron chi connectivity index (χ2n) is 18.3. The van der Waals surface area contributed by atoms with Crippen molar-refractivity contribution >= 4 is 5.97 Å². The van der Waals surface area contributed by atoms with Gasteiger partial charge in [0.25, 0.3) is 0 Å². The van der Waals surface area contributed by atoms with E-state index in [0.717, 1.165) is 54.8 Å². The predicted molar refractivity (Wildman–Crippen MR) is 202 cm³/mol. The van der Waals surface area contributed by atoms with Gasteiger partial charge in [0.15, 0.2) is 0 Å². The number of ether oxygens (including phenoxy) is 1. The first-order valence-corrected chi connectivity index (χ1v) is 21.6. The fraction of sp³-hybridized carbons (Fsp3) is 0.933. The van der Waals surface area contributed by atoms with Crippen LogP contribution in [0, 0.1) is 46.3 Å². The molecule has 0 radical (unpaired) electrons. The fourth-order valence-electron chi connectivity index (χ4n) is 11.6. The summed E-state index contributed by atoms with van der Waals surface area (Å²) in [7, 11) is 0. The summed E-state index contributed by atoms with van der Waals surface area (Å²) in [5.41, 5.74) is 2.54. The summed E-state index contributed by atoms with van der Waals surface area (Å²) in [6.45, 7) is 15.0. The largest absolute Gasteiger partial charge is 0.462 e. The molecule has 0 bridgehead atoms. The molecule has 4 aliphatic rings. The van der Waals surface area contributed by atoms with E-state index in [4.69, 9.17) is 4.74 Å². The molecule has 0 aromatic heterocycles. The van der Waals surface area contributed by atoms with Crippen molar-refractivity contribution < 1.29 is 9.53 Å². The van der Waals surface area contributed by atoms with Crippen molar-refractivity contribution in [1.29, 1.82) is 0 Å². The number of unbranched alkanes of at least 4 members (excludes halogenated alkanes) is 14. The van der Waals surface area contributed by atoms with E-state index < -0.39 is 0 Å². The number of fused-ring (bicyclic) bond motifs is 5. The Balaban J connectivity index is 1.10. The van der Waals surface area contributed by atoms with Crippen LogP contribution in [-0.2, 0) is 9.53 Å². The summed E-state index contributed by atoms with van der Waals surface area (Å²) in [5, 5.41) is 0. The van der Waals surface area contributed by atoms with Gasteiger partial charge >= 0.3 is 5.97 Å². The third kappa shape index (κ3) is 10.8. The first-order valence-electron chi connectivity index (χ1n) is 21.6. The normalized spacial score (nSPS) is 32.4. The first kappa shape index (κ1) is 39.0. The Morgan fingerprint density at radius 1 is 0.745 bits per heavy atom. The van der Waals surface area contributed by atoms with Crippen LogP contribution in [0.5, 0.6) is 0 Å². The van der Waals surface area contributed by atoms with Crippen LogP contribution in [0.25, 0.3) is 0 Å². The summed E-state index contributed by atoms with van der Waals surface area (Å²) in [4.78, 5) is 12.8. The summed E-state index contributed by atoms with van der Waals surface area (Å²) in [5.74, 6) is 5.34. The Hall–Kier alpha value is -0.790. The van der Waals surface area contributed by atoms with Crippen LogP contribution in [0.15, 0.2) is 11.6 Å². The molecule has 272 valence electrons. The molecule has 47 heavy (non-hydrogen) atoms. The van der Waals surface area contributed by atoms with Gasteiger partial charge in [0, 0.05) is 12.8 Å². The second-order valence-corrected chi connectivity index (χ2v) is 18.3. The lowest BCUT2D eigenvalue weighted by atomic mass is 9.47. The minimum atomic E-state index is 0.0653. The molecule has 0 N–H and O–H groups in total. The molecule has 2 nitrogen and oxygen atoms in total. The van der Waals surface area contributed by atoms with Gasteiger partial charge in [-0.05, 0) is 97.7 Å². The van der Waals surface area contributed by atoms with Crippen LogP contribution >= 0.6 is 0 Å². The molecule has 8 atom stereocenters. The van der Waals surface area contributed by atoms with E-state index in [1.807, 2.05) is 0 Å². The maximum Gasteiger partial charge on any atom is 0.306 e. The van der Waals surface area contributed by atoms with Gasteiger partial charge in [-0.3, -0.25) is 4.79 Å². The van der Waals surface area contributed by atoms with Crippen LogP contribution in [0.3, 0.4) is 0 Å². The van der Waals surface area contributed by atoms with E-state index in [-0.39, 0.29) is 12.1 Å². The Kier molecular flexibility index (Phi) is 16.2. The highest BCUT2D eigenvalue weighted by molar-refractivity contribution is 5.69. The van der Waals surface area contributed by atoms with Crippen LogP contribution in [0.4, 0.5) is 0 Å². The first-order chi connectivity index (χ1) is 22.7. The molecule has 0 amide bonds. The molecule has 0 saturated heterocycles. The number of carbonyl (C=O) groups is 1. The quantitative estimate of drug-likeness (QED) is 0.0661. The summed E-state index contributed by atoms with van der Waals surface area (Å²) in [6, 6.07) is 0. The topological polar surface area (TPSA) is 26.3 Å². The highest BCUT2D eigenvalue weighted by Gasteiger charge is 2.59. The number of hydrogen-bond acceptors (Lipinski definition) is 2. The molecule has 0 spiro atoms. The highest BCUT2D eigenvalue weighted by atomic mass is 16.5. The molecule has 4 rings (SSSR count). The maximum absolute atomic E-state index is 12.8. The molecular formula is C45H80O2. The van der Waals surface area contributed by atoms with Gasteiger partial charge in [0.05, 0.1) is 0 Å². The molecule has 0 unspecified atom stereocenters. The highest BCUT2D eigenvalue weighted by Crippen LogP contribution is 2.67. The molecule has 0 aliphatic heterocycles. The Labute approximate surface area is 293 Å². The lowest BCUT2D eigenvalue weighted by Crippen LogP contribution is -2.51. The number of allylic oxidation sites excluding steroid dienone is 1. The van der Waals surface area contributed by atoms with Crippen LogP contribution in [-0.4, -0.2) is 12.1 Å². The van der Waals surface area contributed by atoms with Crippen molar-refractivity contribution in [3.05, 3.63) is 11.6 Å². The number of rotatable bonds is 22. The van der Waals surface area contributed by atoms with Crippen LogP contribution < -0.4 is 0 Å². The predicted octanol–water partition coefficient (Wildman–Crippen LogP) is 14.2. The average molecular weight is 653 g/mol. The smallest absolute Gasteiger partial charge is 0.306 e. The number of carbonyl (C=O) groups excluding carboxylic acids is 1. The van der Waals surface area contributed by atoms with Crippen molar-refractivity contribution in [2.75, 3.05) is 0 Å². The van der Waals surface area contributed by atoms with Gasteiger partial charge in [-0.2, -0.15) is 0 Å². The fourth-order valence-corrected chi connectivity index (χ4v) is 11.6. The van der Waals surface area contributed by atoms with Crippen molar-refractivity contribution in [2.24, 2.45) is 46.3 Å².